The van der Waals surface area contributed by atoms with Crippen LogP contribution in [-0.4, -0.2) is 15.8 Å². The first-order valence-electron chi connectivity index (χ1n) is 7.69. The van der Waals surface area contributed by atoms with Gasteiger partial charge in [0.05, 0.1) is 11.2 Å². The molecule has 2 aromatic heterocycles. The van der Waals surface area contributed by atoms with Gasteiger partial charge in [-0.1, -0.05) is 48.5 Å². The summed E-state index contributed by atoms with van der Waals surface area (Å²) >= 11 is 1.81. The van der Waals surface area contributed by atoms with Crippen LogP contribution in [0.4, 0.5) is 0 Å². The molecule has 0 saturated carbocycles. The van der Waals surface area contributed by atoms with Gasteiger partial charge in [-0.25, -0.2) is 4.98 Å². The van der Waals surface area contributed by atoms with Crippen molar-refractivity contribution in [3.05, 3.63) is 60.2 Å². The van der Waals surface area contributed by atoms with Crippen molar-refractivity contribution in [1.82, 2.24) is 9.55 Å². The molecule has 0 fully saturated rings. The lowest BCUT2D eigenvalue weighted by molar-refractivity contribution is 0.986. The summed E-state index contributed by atoms with van der Waals surface area (Å²) < 4.78 is 2.20. The lowest BCUT2D eigenvalue weighted by Crippen LogP contribution is -1.96. The number of para-hydroxylation sites is 1. The third-order valence-electron chi connectivity index (χ3n) is 4.47. The maximum absolute atomic E-state index is 5.04. The highest BCUT2D eigenvalue weighted by molar-refractivity contribution is 7.98. The number of benzene rings is 2. The molecule has 0 N–H and O–H groups in total. The lowest BCUT2D eigenvalue weighted by atomic mass is 10.0. The van der Waals surface area contributed by atoms with Crippen LogP contribution in [0.2, 0.25) is 0 Å². The van der Waals surface area contributed by atoms with Crippen molar-refractivity contribution in [2.75, 3.05) is 6.26 Å². The van der Waals surface area contributed by atoms with Crippen molar-refractivity contribution in [1.29, 1.82) is 0 Å². The second kappa shape index (κ2) is 5.43. The Kier molecular flexibility index (Phi) is 3.38. The van der Waals surface area contributed by atoms with E-state index < -0.39 is 0 Å². The van der Waals surface area contributed by atoms with E-state index >= 15 is 0 Å². The summed E-state index contributed by atoms with van der Waals surface area (Å²) in [5.41, 5.74) is 5.79. The molecule has 0 spiro atoms. The quantitative estimate of drug-likeness (QED) is 0.459. The van der Waals surface area contributed by atoms with Crippen molar-refractivity contribution in [2.45, 2.75) is 11.8 Å². The topological polar surface area (TPSA) is 17.8 Å². The predicted molar refractivity (Wildman–Crippen MR) is 100 cm³/mol. The molecular formula is C20H18N2S. The molecule has 4 aromatic rings. The monoisotopic (exact) mass is 318 g/mol. The van der Waals surface area contributed by atoms with Crippen molar-refractivity contribution < 1.29 is 0 Å². The largest absolute Gasteiger partial charge is 0.328 e. The van der Waals surface area contributed by atoms with Crippen LogP contribution in [0.3, 0.4) is 0 Å². The van der Waals surface area contributed by atoms with Gasteiger partial charge in [-0.15, -0.1) is 11.8 Å². The number of rotatable bonds is 2. The number of nitrogens with zero attached hydrogens (tertiary/aromatic N) is 2. The van der Waals surface area contributed by atoms with Crippen LogP contribution in [0.1, 0.15) is 5.56 Å². The maximum Gasteiger partial charge on any atom is 0.142 e. The van der Waals surface area contributed by atoms with E-state index in [2.05, 4.69) is 73.3 Å². The fraction of sp³-hybridized carbons (Fsp3) is 0.150. The van der Waals surface area contributed by atoms with E-state index in [-0.39, 0.29) is 0 Å². The fourth-order valence-electron chi connectivity index (χ4n) is 3.35. The first-order valence-corrected chi connectivity index (χ1v) is 8.92. The Morgan fingerprint density at radius 3 is 2.39 bits per heavy atom. The van der Waals surface area contributed by atoms with Crippen LogP contribution in [-0.2, 0) is 7.05 Å². The zero-order chi connectivity index (χ0) is 16.0. The van der Waals surface area contributed by atoms with Crippen molar-refractivity contribution in [3.8, 4) is 11.3 Å². The Hall–Kier alpha value is -2.26. The Morgan fingerprint density at radius 2 is 1.65 bits per heavy atom. The normalized spacial score (nSPS) is 11.4. The van der Waals surface area contributed by atoms with E-state index in [0.29, 0.717) is 0 Å². The van der Waals surface area contributed by atoms with Gasteiger partial charge in [0.2, 0.25) is 0 Å². The summed E-state index contributed by atoms with van der Waals surface area (Å²) in [6.45, 7) is 2.18. The van der Waals surface area contributed by atoms with Gasteiger partial charge in [-0.3, -0.25) is 0 Å². The average molecular weight is 318 g/mol. The van der Waals surface area contributed by atoms with Crippen molar-refractivity contribution in [3.63, 3.8) is 0 Å². The number of aromatic nitrogens is 2. The Balaban J connectivity index is 2.19. The van der Waals surface area contributed by atoms with Gasteiger partial charge in [0.15, 0.2) is 0 Å². The molecule has 0 saturated heterocycles. The standard InChI is InChI=1S/C20H18N2S/c1-13-18(14-9-5-4-6-10-14)21-20-17(19(13)23-3)15-11-7-8-12-16(15)22(20)2/h4-12H,1-3H3. The molecule has 114 valence electrons. The van der Waals surface area contributed by atoms with E-state index in [9.17, 15) is 0 Å². The zero-order valence-electron chi connectivity index (χ0n) is 13.5. The SMILES string of the molecule is CSc1c(C)c(-c2ccccc2)nc2c1c1ccccc1n2C. The second-order valence-corrected chi connectivity index (χ2v) is 6.58. The lowest BCUT2D eigenvalue weighted by Gasteiger charge is -2.12. The summed E-state index contributed by atoms with van der Waals surface area (Å²) in [4.78, 5) is 6.36. The Morgan fingerprint density at radius 1 is 0.957 bits per heavy atom. The third-order valence-corrected chi connectivity index (χ3v) is 5.39. The number of hydrogen-bond donors (Lipinski definition) is 0. The third kappa shape index (κ3) is 2.07. The molecule has 0 radical (unpaired) electrons. The van der Waals surface area contributed by atoms with Gasteiger partial charge in [0.25, 0.3) is 0 Å². The molecule has 0 amide bonds. The summed E-state index contributed by atoms with van der Waals surface area (Å²) in [7, 11) is 2.10. The number of aryl methyl sites for hydroxylation is 1. The van der Waals surface area contributed by atoms with Gasteiger partial charge in [-0.05, 0) is 24.8 Å². The minimum Gasteiger partial charge on any atom is -0.328 e. The molecular weight excluding hydrogens is 300 g/mol. The van der Waals surface area contributed by atoms with Gasteiger partial charge in [0, 0.05) is 28.3 Å². The molecule has 2 nitrogen and oxygen atoms in total. The fourth-order valence-corrected chi connectivity index (χ4v) is 4.16. The first kappa shape index (κ1) is 14.3. The maximum atomic E-state index is 5.04. The first-order chi connectivity index (χ1) is 11.2. The van der Waals surface area contributed by atoms with E-state index in [0.717, 1.165) is 11.3 Å². The minimum absolute atomic E-state index is 1.06. The summed E-state index contributed by atoms with van der Waals surface area (Å²) in [6, 6.07) is 19.0. The molecule has 0 aliphatic carbocycles. The molecule has 23 heavy (non-hydrogen) atoms. The van der Waals surface area contributed by atoms with Crippen LogP contribution in [0.15, 0.2) is 59.5 Å². The molecule has 0 bridgehead atoms. The van der Waals surface area contributed by atoms with Gasteiger partial charge < -0.3 is 4.57 Å². The molecule has 0 atom stereocenters. The summed E-state index contributed by atoms with van der Waals surface area (Å²) in [5.74, 6) is 0. The highest BCUT2D eigenvalue weighted by Crippen LogP contribution is 2.39. The van der Waals surface area contributed by atoms with Crippen LogP contribution in [0, 0.1) is 6.92 Å². The van der Waals surface area contributed by atoms with Crippen LogP contribution in [0.25, 0.3) is 33.2 Å². The zero-order valence-corrected chi connectivity index (χ0v) is 14.3. The van der Waals surface area contributed by atoms with Gasteiger partial charge in [-0.2, -0.15) is 0 Å². The van der Waals surface area contributed by atoms with E-state index in [1.807, 2.05) is 17.8 Å². The average Bonchev–Trinajstić information content (AvgIpc) is 2.88. The molecule has 2 aromatic carbocycles. The second-order valence-electron chi connectivity index (χ2n) is 5.76. The molecule has 0 unspecified atom stereocenters. The highest BCUT2D eigenvalue weighted by Gasteiger charge is 2.18. The van der Waals surface area contributed by atoms with E-state index in [1.54, 1.807) is 0 Å². The van der Waals surface area contributed by atoms with Crippen molar-refractivity contribution >= 4 is 33.7 Å². The number of fused-ring (bicyclic) bond motifs is 3. The summed E-state index contributed by atoms with van der Waals surface area (Å²) in [6.07, 6.45) is 2.15. The number of pyridine rings is 1. The molecule has 4 rings (SSSR count). The van der Waals surface area contributed by atoms with Crippen molar-refractivity contribution in [2.24, 2.45) is 7.05 Å². The summed E-state index contributed by atoms with van der Waals surface area (Å²) in [5, 5.41) is 2.55. The van der Waals surface area contributed by atoms with E-state index in [4.69, 9.17) is 4.98 Å². The van der Waals surface area contributed by atoms with Crippen LogP contribution >= 0.6 is 11.8 Å². The minimum atomic E-state index is 1.06. The predicted octanol–water partition coefficient (Wildman–Crippen LogP) is 5.42. The molecule has 0 aliphatic rings. The van der Waals surface area contributed by atoms with Gasteiger partial charge >= 0.3 is 0 Å². The Bertz CT molecular complexity index is 1020. The highest BCUT2D eigenvalue weighted by atomic mass is 32.2. The Labute approximate surface area is 140 Å². The number of thioether (sulfide) groups is 1. The van der Waals surface area contributed by atoms with E-state index in [1.165, 1.54) is 32.3 Å². The van der Waals surface area contributed by atoms with Crippen LogP contribution < -0.4 is 0 Å². The van der Waals surface area contributed by atoms with Crippen LogP contribution in [0.5, 0.6) is 0 Å². The smallest absolute Gasteiger partial charge is 0.142 e. The molecule has 2 heterocycles. The van der Waals surface area contributed by atoms with Gasteiger partial charge in [0.1, 0.15) is 5.65 Å². The number of hydrogen-bond acceptors (Lipinski definition) is 2. The molecule has 0 aliphatic heterocycles. The molecule has 3 heteroatoms.